The molecule has 0 unspecified atom stereocenters. The first-order valence-corrected chi connectivity index (χ1v) is 10.8. The molecule has 1 aromatic heterocycles. The largest absolute Gasteiger partial charge is 0.462 e. The molecule has 1 heterocycles. The summed E-state index contributed by atoms with van der Waals surface area (Å²) in [6.45, 7) is 7.91. The van der Waals surface area contributed by atoms with Gasteiger partial charge in [-0.2, -0.15) is 5.26 Å². The summed E-state index contributed by atoms with van der Waals surface area (Å²) in [5.74, 6) is 2.25. The number of esters is 1. The van der Waals surface area contributed by atoms with Crippen LogP contribution in [0.3, 0.4) is 0 Å². The number of nitrogens with zero attached hydrogens (tertiary/aromatic N) is 3. The second-order valence-electron chi connectivity index (χ2n) is 9.68. The van der Waals surface area contributed by atoms with Crippen LogP contribution in [0.4, 0.5) is 0 Å². The lowest BCUT2D eigenvalue weighted by atomic mass is 9.47. The Balaban J connectivity index is 1.65. The first-order valence-electron chi connectivity index (χ1n) is 10.8. The third-order valence-corrected chi connectivity index (χ3v) is 8.11. The Morgan fingerprint density at radius 3 is 2.72 bits per heavy atom. The van der Waals surface area contributed by atoms with E-state index < -0.39 is 0 Å². The minimum atomic E-state index is -0.255. The van der Waals surface area contributed by atoms with Crippen LogP contribution in [-0.2, 0) is 14.9 Å². The van der Waals surface area contributed by atoms with E-state index in [0.717, 1.165) is 38.5 Å². The maximum Gasteiger partial charge on any atom is 0.302 e. The lowest BCUT2D eigenvalue weighted by Crippen LogP contribution is -2.52. The molecule has 0 spiro atoms. The lowest BCUT2D eigenvalue weighted by Gasteiger charge is -2.57. The van der Waals surface area contributed by atoms with Crippen molar-refractivity contribution in [3.8, 4) is 6.07 Å². The van der Waals surface area contributed by atoms with E-state index in [9.17, 15) is 10.1 Å². The van der Waals surface area contributed by atoms with Crippen molar-refractivity contribution in [2.45, 2.75) is 84.2 Å². The van der Waals surface area contributed by atoms with Crippen LogP contribution in [0.1, 0.15) is 77.5 Å². The molecule has 156 valence electrons. The molecule has 3 aliphatic carbocycles. The highest BCUT2D eigenvalue weighted by molar-refractivity contribution is 5.66. The molecule has 0 N–H and O–H groups in total. The molecule has 0 bridgehead atoms. The highest BCUT2D eigenvalue weighted by atomic mass is 16.5. The van der Waals surface area contributed by atoms with Crippen LogP contribution < -0.4 is 0 Å². The number of carbonyl (C=O) groups excluding carboxylic acids is 1. The van der Waals surface area contributed by atoms with Gasteiger partial charge in [0.15, 0.2) is 0 Å². The summed E-state index contributed by atoms with van der Waals surface area (Å²) < 4.78 is 11.4. The van der Waals surface area contributed by atoms with Crippen molar-refractivity contribution >= 4 is 5.97 Å². The van der Waals surface area contributed by atoms with Crippen LogP contribution in [-0.4, -0.2) is 22.3 Å². The highest BCUT2D eigenvalue weighted by Crippen LogP contribution is 2.62. The van der Waals surface area contributed by atoms with Crippen molar-refractivity contribution < 1.29 is 13.9 Å². The first-order chi connectivity index (χ1) is 13.8. The molecule has 1 aromatic rings. The number of aryl methyl sites for hydroxylation is 1. The number of hydrogen-bond donors (Lipinski definition) is 0. The van der Waals surface area contributed by atoms with Crippen molar-refractivity contribution in [1.29, 1.82) is 5.26 Å². The zero-order valence-electron chi connectivity index (χ0n) is 17.9. The van der Waals surface area contributed by atoms with Crippen molar-refractivity contribution in [3.05, 3.63) is 23.4 Å². The van der Waals surface area contributed by atoms with Gasteiger partial charge in [-0.25, -0.2) is 0 Å². The molecule has 2 fully saturated rings. The molecular weight excluding hydrogens is 366 g/mol. The Morgan fingerprint density at radius 2 is 2.07 bits per heavy atom. The Morgan fingerprint density at radius 1 is 1.31 bits per heavy atom. The summed E-state index contributed by atoms with van der Waals surface area (Å²) in [6, 6.07) is 2.45. The number of hydrogen-bond acceptors (Lipinski definition) is 6. The SMILES string of the molecule is CC(=O)O[C@H]1CC[C@@]2(C)C(=CC[C@@H]3[C@@H]2CC[C@](C)(c2nnc(C)o2)[C@H]3CC#N)C1. The van der Waals surface area contributed by atoms with Crippen LogP contribution >= 0.6 is 0 Å². The summed E-state index contributed by atoms with van der Waals surface area (Å²) in [6.07, 6.45) is 8.72. The number of carbonyl (C=O) groups is 1. The fourth-order valence-corrected chi connectivity index (χ4v) is 6.55. The molecule has 0 radical (unpaired) electrons. The molecule has 6 heteroatoms. The zero-order chi connectivity index (χ0) is 20.8. The summed E-state index contributed by atoms with van der Waals surface area (Å²) in [7, 11) is 0. The van der Waals surface area contributed by atoms with E-state index in [1.165, 1.54) is 12.5 Å². The van der Waals surface area contributed by atoms with E-state index in [1.54, 1.807) is 0 Å². The molecule has 4 rings (SSSR count). The van der Waals surface area contributed by atoms with Gasteiger partial charge in [-0.15, -0.1) is 10.2 Å². The molecule has 6 atom stereocenters. The number of nitriles is 1. The minimum absolute atomic E-state index is 0.00788. The fourth-order valence-electron chi connectivity index (χ4n) is 6.55. The highest BCUT2D eigenvalue weighted by Gasteiger charge is 2.56. The second kappa shape index (κ2) is 7.27. The zero-order valence-corrected chi connectivity index (χ0v) is 17.9. The van der Waals surface area contributed by atoms with Crippen LogP contribution in [0.25, 0.3) is 0 Å². The molecule has 0 aliphatic heterocycles. The van der Waals surface area contributed by atoms with Gasteiger partial charge in [0.05, 0.1) is 6.07 Å². The van der Waals surface area contributed by atoms with Gasteiger partial charge in [0.1, 0.15) is 6.10 Å². The third kappa shape index (κ3) is 3.29. The van der Waals surface area contributed by atoms with Gasteiger partial charge in [-0.05, 0) is 55.3 Å². The van der Waals surface area contributed by atoms with E-state index in [0.29, 0.717) is 30.0 Å². The molecule has 3 aliphatic rings. The Labute approximate surface area is 172 Å². The van der Waals surface area contributed by atoms with E-state index in [-0.39, 0.29) is 28.8 Å². The van der Waals surface area contributed by atoms with Gasteiger partial charge in [0.2, 0.25) is 11.8 Å². The van der Waals surface area contributed by atoms with Gasteiger partial charge in [0, 0.05) is 32.1 Å². The van der Waals surface area contributed by atoms with Crippen LogP contribution in [0.2, 0.25) is 0 Å². The Bertz CT molecular complexity index is 869. The predicted molar refractivity (Wildman–Crippen MR) is 107 cm³/mol. The molecule has 29 heavy (non-hydrogen) atoms. The van der Waals surface area contributed by atoms with Gasteiger partial charge < -0.3 is 9.15 Å². The maximum absolute atomic E-state index is 11.4. The quantitative estimate of drug-likeness (QED) is 0.545. The van der Waals surface area contributed by atoms with Gasteiger partial charge in [-0.1, -0.05) is 25.5 Å². The van der Waals surface area contributed by atoms with Gasteiger partial charge in [0.25, 0.3) is 0 Å². The molecule has 6 nitrogen and oxygen atoms in total. The van der Waals surface area contributed by atoms with Crippen molar-refractivity contribution in [2.75, 3.05) is 0 Å². The number of allylic oxidation sites excluding steroid dienone is 1. The topological polar surface area (TPSA) is 89.0 Å². The van der Waals surface area contributed by atoms with Gasteiger partial charge in [-0.3, -0.25) is 4.79 Å². The monoisotopic (exact) mass is 397 g/mol. The summed E-state index contributed by atoms with van der Waals surface area (Å²) in [4.78, 5) is 11.4. The van der Waals surface area contributed by atoms with E-state index >= 15 is 0 Å². The average Bonchev–Trinajstić information content (AvgIpc) is 3.11. The molecule has 0 amide bonds. The number of aromatic nitrogens is 2. The van der Waals surface area contributed by atoms with Crippen molar-refractivity contribution in [1.82, 2.24) is 10.2 Å². The number of ether oxygens (including phenoxy) is 1. The molecule has 0 aromatic carbocycles. The molecular formula is C23H31N3O3. The van der Waals surface area contributed by atoms with E-state index in [2.05, 4.69) is 36.2 Å². The van der Waals surface area contributed by atoms with Crippen LogP contribution in [0.5, 0.6) is 0 Å². The fraction of sp³-hybridized carbons (Fsp3) is 0.739. The van der Waals surface area contributed by atoms with E-state index in [1.807, 2.05) is 6.92 Å². The normalized spacial score (nSPS) is 38.9. The van der Waals surface area contributed by atoms with Crippen LogP contribution in [0, 0.1) is 41.4 Å². The second-order valence-corrected chi connectivity index (χ2v) is 9.68. The standard InChI is InChI=1S/C23H31N3O3/c1-14-25-26-21(28-14)23(4)11-8-19-18(20(23)9-12-24)6-5-16-13-17(29-15(2)27)7-10-22(16,19)3/h5,17-20H,6-11,13H2,1-4H3/t17-,18+,19-,20-,22-,23-/m0/s1. The minimum Gasteiger partial charge on any atom is -0.462 e. The van der Waals surface area contributed by atoms with Crippen molar-refractivity contribution in [3.63, 3.8) is 0 Å². The Kier molecular flexibility index (Phi) is 5.04. The van der Waals surface area contributed by atoms with E-state index in [4.69, 9.17) is 9.15 Å². The maximum atomic E-state index is 11.4. The third-order valence-electron chi connectivity index (χ3n) is 8.11. The van der Waals surface area contributed by atoms with Gasteiger partial charge >= 0.3 is 5.97 Å². The summed E-state index contributed by atoms with van der Waals surface area (Å²) >= 11 is 0. The predicted octanol–water partition coefficient (Wildman–Crippen LogP) is 4.64. The molecule has 0 saturated heterocycles. The first kappa shape index (κ1) is 20.1. The number of rotatable bonds is 3. The summed E-state index contributed by atoms with van der Waals surface area (Å²) in [5.41, 5.74) is 1.32. The Hall–Kier alpha value is -2.16. The number of fused-ring (bicyclic) bond motifs is 3. The van der Waals surface area contributed by atoms with Crippen LogP contribution in [0.15, 0.2) is 16.1 Å². The molecule has 2 saturated carbocycles. The lowest BCUT2D eigenvalue weighted by molar-refractivity contribution is -0.148. The smallest absolute Gasteiger partial charge is 0.302 e. The summed E-state index contributed by atoms with van der Waals surface area (Å²) in [5, 5.41) is 18.0. The average molecular weight is 398 g/mol. The van der Waals surface area contributed by atoms with Crippen molar-refractivity contribution in [2.24, 2.45) is 23.2 Å².